The lowest BCUT2D eigenvalue weighted by atomic mass is 10.0. The molecule has 4 heteroatoms. The zero-order chi connectivity index (χ0) is 14.0. The van der Waals surface area contributed by atoms with E-state index < -0.39 is 0 Å². The Morgan fingerprint density at radius 3 is 2.32 bits per heavy atom. The van der Waals surface area contributed by atoms with Gasteiger partial charge in [0.25, 0.3) is 0 Å². The maximum atomic E-state index is 12.8. The Balaban J connectivity index is 2.29. The van der Waals surface area contributed by atoms with Gasteiger partial charge >= 0.3 is 0 Å². The van der Waals surface area contributed by atoms with Crippen LogP contribution in [0.1, 0.15) is 42.4 Å². The van der Waals surface area contributed by atoms with E-state index in [-0.39, 0.29) is 5.82 Å². The molecule has 0 aliphatic rings. The van der Waals surface area contributed by atoms with Crippen molar-refractivity contribution in [3.8, 4) is 0 Å². The second-order valence-electron chi connectivity index (χ2n) is 4.89. The summed E-state index contributed by atoms with van der Waals surface area (Å²) in [4.78, 5) is 8.82. The second kappa shape index (κ2) is 5.66. The Labute approximate surface area is 117 Å². The SMILES string of the molecule is Cc1nc(Cc2ccc(F)cc2)nc(Cl)c1C(C)C. The summed E-state index contributed by atoms with van der Waals surface area (Å²) in [7, 11) is 0. The molecule has 19 heavy (non-hydrogen) atoms. The number of benzene rings is 1. The van der Waals surface area contributed by atoms with Crippen LogP contribution in [0.4, 0.5) is 4.39 Å². The zero-order valence-electron chi connectivity index (χ0n) is 11.2. The van der Waals surface area contributed by atoms with Gasteiger partial charge in [-0.25, -0.2) is 14.4 Å². The summed E-state index contributed by atoms with van der Waals surface area (Å²) < 4.78 is 12.8. The standard InChI is InChI=1S/C15H16ClFN2/c1-9(2)14-10(3)18-13(19-15(14)16)8-11-4-6-12(17)7-5-11/h4-7,9H,8H2,1-3H3. The molecule has 0 spiro atoms. The fourth-order valence-electron chi connectivity index (χ4n) is 2.12. The number of hydrogen-bond acceptors (Lipinski definition) is 2. The molecule has 0 radical (unpaired) electrons. The number of hydrogen-bond donors (Lipinski definition) is 0. The van der Waals surface area contributed by atoms with Gasteiger partial charge in [-0.05, 0) is 30.5 Å². The van der Waals surface area contributed by atoms with Crippen molar-refractivity contribution >= 4 is 11.6 Å². The first-order chi connectivity index (χ1) is 8.97. The Hall–Kier alpha value is -1.48. The third-order valence-electron chi connectivity index (χ3n) is 2.99. The van der Waals surface area contributed by atoms with Crippen molar-refractivity contribution in [3.63, 3.8) is 0 Å². The van der Waals surface area contributed by atoms with Gasteiger partial charge in [0.05, 0.1) is 0 Å². The summed E-state index contributed by atoms with van der Waals surface area (Å²) >= 11 is 6.21. The molecule has 0 saturated carbocycles. The largest absolute Gasteiger partial charge is 0.237 e. The van der Waals surface area contributed by atoms with E-state index >= 15 is 0 Å². The van der Waals surface area contributed by atoms with Crippen molar-refractivity contribution < 1.29 is 4.39 Å². The molecule has 0 unspecified atom stereocenters. The van der Waals surface area contributed by atoms with E-state index in [2.05, 4.69) is 23.8 Å². The summed E-state index contributed by atoms with van der Waals surface area (Å²) in [6, 6.07) is 6.34. The molecule has 0 saturated heterocycles. The number of nitrogens with zero attached hydrogens (tertiary/aromatic N) is 2. The quantitative estimate of drug-likeness (QED) is 0.783. The first kappa shape index (κ1) is 13.9. The Morgan fingerprint density at radius 2 is 1.79 bits per heavy atom. The molecule has 2 nitrogen and oxygen atoms in total. The molecule has 1 heterocycles. The molecular formula is C15H16ClFN2. The minimum atomic E-state index is -0.242. The second-order valence-corrected chi connectivity index (χ2v) is 5.25. The van der Waals surface area contributed by atoms with Crippen LogP contribution in [0.2, 0.25) is 5.15 Å². The Kier molecular flexibility index (Phi) is 4.15. The maximum Gasteiger partial charge on any atom is 0.136 e. The van der Waals surface area contributed by atoms with E-state index in [4.69, 9.17) is 11.6 Å². The van der Waals surface area contributed by atoms with Crippen molar-refractivity contribution in [3.05, 3.63) is 57.9 Å². The summed E-state index contributed by atoms with van der Waals surface area (Å²) in [5, 5.41) is 0.514. The number of rotatable bonds is 3. The monoisotopic (exact) mass is 278 g/mol. The minimum absolute atomic E-state index is 0.242. The topological polar surface area (TPSA) is 25.8 Å². The Bertz CT molecular complexity index is 556. The molecule has 0 N–H and O–H groups in total. The van der Waals surface area contributed by atoms with E-state index in [0.717, 1.165) is 16.8 Å². The molecule has 0 bridgehead atoms. The first-order valence-corrected chi connectivity index (χ1v) is 6.62. The lowest BCUT2D eigenvalue weighted by Crippen LogP contribution is -2.05. The molecule has 2 aromatic rings. The maximum absolute atomic E-state index is 12.8. The van der Waals surface area contributed by atoms with Gasteiger partial charge in [-0.15, -0.1) is 0 Å². The molecule has 0 fully saturated rings. The molecule has 1 aromatic carbocycles. The van der Waals surface area contributed by atoms with E-state index in [9.17, 15) is 4.39 Å². The Morgan fingerprint density at radius 1 is 1.16 bits per heavy atom. The van der Waals surface area contributed by atoms with Crippen LogP contribution in [0.25, 0.3) is 0 Å². The van der Waals surface area contributed by atoms with Gasteiger partial charge in [0, 0.05) is 17.7 Å². The van der Waals surface area contributed by atoms with Crippen molar-refractivity contribution in [2.24, 2.45) is 0 Å². The average Bonchev–Trinajstić information content (AvgIpc) is 2.30. The molecule has 0 aliphatic carbocycles. The first-order valence-electron chi connectivity index (χ1n) is 6.24. The van der Waals surface area contributed by atoms with Crippen molar-refractivity contribution in [1.29, 1.82) is 0 Å². The highest BCUT2D eigenvalue weighted by Crippen LogP contribution is 2.25. The molecule has 0 aliphatic heterocycles. The highest BCUT2D eigenvalue weighted by atomic mass is 35.5. The third kappa shape index (κ3) is 3.29. The van der Waals surface area contributed by atoms with Crippen LogP contribution >= 0.6 is 11.6 Å². The molecule has 0 amide bonds. The molecular weight excluding hydrogens is 263 g/mol. The van der Waals surface area contributed by atoms with Gasteiger partial charge in [0.15, 0.2) is 0 Å². The summed E-state index contributed by atoms with van der Waals surface area (Å²) in [6.07, 6.45) is 0.555. The van der Waals surface area contributed by atoms with Gasteiger partial charge < -0.3 is 0 Å². The third-order valence-corrected chi connectivity index (χ3v) is 3.28. The lowest BCUT2D eigenvalue weighted by molar-refractivity contribution is 0.627. The van der Waals surface area contributed by atoms with Gasteiger partial charge in [-0.1, -0.05) is 37.6 Å². The molecule has 2 rings (SSSR count). The number of aryl methyl sites for hydroxylation is 1. The fraction of sp³-hybridized carbons (Fsp3) is 0.333. The normalized spacial score (nSPS) is 11.1. The molecule has 1 aromatic heterocycles. The predicted octanol–water partition coefficient (Wildman–Crippen LogP) is 4.29. The van der Waals surface area contributed by atoms with Gasteiger partial charge in [0.2, 0.25) is 0 Å². The zero-order valence-corrected chi connectivity index (χ0v) is 12.0. The fourth-order valence-corrected chi connectivity index (χ4v) is 2.57. The smallest absolute Gasteiger partial charge is 0.136 e. The summed E-state index contributed by atoms with van der Waals surface area (Å²) in [5.74, 6) is 0.722. The van der Waals surface area contributed by atoms with Crippen molar-refractivity contribution in [2.75, 3.05) is 0 Å². The van der Waals surface area contributed by atoms with Gasteiger partial charge in [-0.3, -0.25) is 0 Å². The van der Waals surface area contributed by atoms with Crippen LogP contribution in [0.15, 0.2) is 24.3 Å². The van der Waals surface area contributed by atoms with E-state index in [1.54, 1.807) is 12.1 Å². The highest BCUT2D eigenvalue weighted by molar-refractivity contribution is 6.30. The van der Waals surface area contributed by atoms with Crippen molar-refractivity contribution in [2.45, 2.75) is 33.1 Å². The van der Waals surface area contributed by atoms with Crippen LogP contribution in [0.5, 0.6) is 0 Å². The van der Waals surface area contributed by atoms with Gasteiger partial charge in [0.1, 0.15) is 16.8 Å². The average molecular weight is 279 g/mol. The highest BCUT2D eigenvalue weighted by Gasteiger charge is 2.13. The van der Waals surface area contributed by atoms with Gasteiger partial charge in [-0.2, -0.15) is 0 Å². The van der Waals surface area contributed by atoms with E-state index in [0.29, 0.717) is 23.3 Å². The summed E-state index contributed by atoms with van der Waals surface area (Å²) in [6.45, 7) is 6.07. The lowest BCUT2D eigenvalue weighted by Gasteiger charge is -2.12. The van der Waals surface area contributed by atoms with Crippen LogP contribution in [0.3, 0.4) is 0 Å². The molecule has 100 valence electrons. The van der Waals surface area contributed by atoms with Crippen LogP contribution in [-0.2, 0) is 6.42 Å². The predicted molar refractivity (Wildman–Crippen MR) is 75.1 cm³/mol. The number of aromatic nitrogens is 2. The van der Waals surface area contributed by atoms with Crippen LogP contribution in [0, 0.1) is 12.7 Å². The molecule has 0 atom stereocenters. The minimum Gasteiger partial charge on any atom is -0.237 e. The van der Waals surface area contributed by atoms with Crippen LogP contribution < -0.4 is 0 Å². The van der Waals surface area contributed by atoms with E-state index in [1.165, 1.54) is 12.1 Å². The van der Waals surface area contributed by atoms with Crippen molar-refractivity contribution in [1.82, 2.24) is 9.97 Å². The summed E-state index contributed by atoms with van der Waals surface area (Å²) in [5.41, 5.74) is 2.87. The van der Waals surface area contributed by atoms with Crippen LogP contribution in [-0.4, -0.2) is 9.97 Å². The number of halogens is 2. The van der Waals surface area contributed by atoms with E-state index in [1.807, 2.05) is 6.92 Å².